The van der Waals surface area contributed by atoms with Gasteiger partial charge in [0.2, 0.25) is 0 Å². The van der Waals surface area contributed by atoms with Crippen LogP contribution in [0.5, 0.6) is 5.75 Å². The fraction of sp³-hybridized carbons (Fsp3) is 0.529. The third-order valence-electron chi connectivity index (χ3n) is 3.44. The summed E-state index contributed by atoms with van der Waals surface area (Å²) in [6, 6.07) is 8.22. The van der Waals surface area contributed by atoms with Gasteiger partial charge >= 0.3 is 0 Å². The van der Waals surface area contributed by atoms with E-state index in [1.807, 2.05) is 12.1 Å². The summed E-state index contributed by atoms with van der Waals surface area (Å²) >= 11 is 0. The van der Waals surface area contributed by atoms with Gasteiger partial charge in [0.25, 0.3) is 0 Å². The van der Waals surface area contributed by atoms with E-state index in [2.05, 4.69) is 42.5 Å². The van der Waals surface area contributed by atoms with Gasteiger partial charge in [0.15, 0.2) is 0 Å². The van der Waals surface area contributed by atoms with Gasteiger partial charge in [-0.25, -0.2) is 4.98 Å². The summed E-state index contributed by atoms with van der Waals surface area (Å²) in [5.74, 6) is 2.33. The topological polar surface area (TPSA) is 50.8 Å². The fourth-order valence-electron chi connectivity index (χ4n) is 2.31. The van der Waals surface area contributed by atoms with Crippen molar-refractivity contribution >= 4 is 11.0 Å². The van der Waals surface area contributed by atoms with Crippen molar-refractivity contribution in [2.75, 3.05) is 6.61 Å². The Bertz CT molecular complexity index is 637. The maximum atomic E-state index is 8.99. The second kappa shape index (κ2) is 7.12. The van der Waals surface area contributed by atoms with Crippen LogP contribution in [0.15, 0.2) is 18.2 Å². The lowest BCUT2D eigenvalue weighted by atomic mass is 10.1. The average molecular weight is 285 g/mol. The van der Waals surface area contributed by atoms with Crippen molar-refractivity contribution in [1.82, 2.24) is 9.55 Å². The predicted octanol–water partition coefficient (Wildman–Crippen LogP) is 3.94. The van der Waals surface area contributed by atoms with Gasteiger partial charge in [-0.2, -0.15) is 5.26 Å². The fourth-order valence-corrected chi connectivity index (χ4v) is 2.31. The van der Waals surface area contributed by atoms with Crippen LogP contribution >= 0.6 is 0 Å². The van der Waals surface area contributed by atoms with Crippen LogP contribution < -0.4 is 4.74 Å². The number of nitrogens with zero attached hydrogens (tertiary/aromatic N) is 3. The van der Waals surface area contributed by atoms with Crippen LogP contribution in [0.4, 0.5) is 0 Å². The van der Waals surface area contributed by atoms with Crippen molar-refractivity contribution in [2.45, 2.75) is 46.6 Å². The minimum atomic E-state index is 0.345. The Morgan fingerprint density at radius 3 is 2.86 bits per heavy atom. The van der Waals surface area contributed by atoms with Crippen molar-refractivity contribution in [3.8, 4) is 11.8 Å². The summed E-state index contributed by atoms with van der Waals surface area (Å²) in [6.45, 7) is 8.12. The molecule has 0 N–H and O–H groups in total. The molecule has 21 heavy (non-hydrogen) atoms. The molecule has 0 aliphatic carbocycles. The lowest BCUT2D eigenvalue weighted by molar-refractivity contribution is 0.318. The van der Waals surface area contributed by atoms with Crippen molar-refractivity contribution in [3.05, 3.63) is 24.0 Å². The van der Waals surface area contributed by atoms with Crippen LogP contribution in [0, 0.1) is 17.2 Å². The Balaban J connectivity index is 2.35. The Kier molecular flexibility index (Phi) is 5.21. The van der Waals surface area contributed by atoms with Crippen LogP contribution in [0.3, 0.4) is 0 Å². The minimum Gasteiger partial charge on any atom is -0.494 e. The zero-order chi connectivity index (χ0) is 15.2. The molecular weight excluding hydrogens is 262 g/mol. The number of benzene rings is 1. The van der Waals surface area contributed by atoms with Gasteiger partial charge in [-0.1, -0.05) is 20.8 Å². The van der Waals surface area contributed by atoms with Gasteiger partial charge in [0.1, 0.15) is 11.6 Å². The molecule has 1 aromatic carbocycles. The van der Waals surface area contributed by atoms with Crippen molar-refractivity contribution < 1.29 is 4.74 Å². The SMILES string of the molecule is CCCOc1ccc2c(c1)nc(CC#N)n2CCC(C)C. The standard InChI is InChI=1S/C17H23N3O/c1-4-11-21-14-5-6-16-15(12-14)19-17(7-9-18)20(16)10-8-13(2)3/h5-6,12-13H,4,7-8,10-11H2,1-3H3. The third kappa shape index (κ3) is 3.75. The van der Waals surface area contributed by atoms with E-state index in [0.29, 0.717) is 18.9 Å². The first-order valence-electron chi connectivity index (χ1n) is 7.64. The molecule has 1 heterocycles. The number of hydrogen-bond acceptors (Lipinski definition) is 3. The Labute approximate surface area is 126 Å². The molecule has 0 radical (unpaired) electrons. The maximum absolute atomic E-state index is 8.99. The maximum Gasteiger partial charge on any atom is 0.124 e. The van der Waals surface area contributed by atoms with Crippen LogP contribution in [0.25, 0.3) is 11.0 Å². The van der Waals surface area contributed by atoms with Gasteiger partial charge in [0, 0.05) is 12.6 Å². The van der Waals surface area contributed by atoms with E-state index in [4.69, 9.17) is 10.00 Å². The molecule has 2 rings (SSSR count). The number of rotatable bonds is 7. The zero-order valence-corrected chi connectivity index (χ0v) is 13.1. The Morgan fingerprint density at radius 2 is 2.19 bits per heavy atom. The second-order valence-corrected chi connectivity index (χ2v) is 5.70. The van der Waals surface area contributed by atoms with E-state index < -0.39 is 0 Å². The van der Waals surface area contributed by atoms with Gasteiger partial charge in [-0.3, -0.25) is 0 Å². The first-order valence-corrected chi connectivity index (χ1v) is 7.64. The van der Waals surface area contributed by atoms with Crippen molar-refractivity contribution in [1.29, 1.82) is 5.26 Å². The first-order chi connectivity index (χ1) is 10.2. The molecule has 112 valence electrons. The number of imidazole rings is 1. The molecule has 0 amide bonds. The quantitative estimate of drug-likeness (QED) is 0.774. The molecule has 0 unspecified atom stereocenters. The van der Waals surface area contributed by atoms with E-state index in [0.717, 1.165) is 42.0 Å². The van der Waals surface area contributed by atoms with Crippen LogP contribution in [-0.2, 0) is 13.0 Å². The van der Waals surface area contributed by atoms with Crippen molar-refractivity contribution in [3.63, 3.8) is 0 Å². The molecule has 4 heteroatoms. The highest BCUT2D eigenvalue weighted by Crippen LogP contribution is 2.23. The molecule has 0 fully saturated rings. The van der Waals surface area contributed by atoms with E-state index in [1.54, 1.807) is 0 Å². The smallest absolute Gasteiger partial charge is 0.124 e. The van der Waals surface area contributed by atoms with E-state index in [9.17, 15) is 0 Å². The van der Waals surface area contributed by atoms with Gasteiger partial charge < -0.3 is 9.30 Å². The van der Waals surface area contributed by atoms with Gasteiger partial charge in [-0.05, 0) is 30.9 Å². The lowest BCUT2D eigenvalue weighted by Gasteiger charge is -2.10. The summed E-state index contributed by atoms with van der Waals surface area (Å²) in [5, 5.41) is 8.99. The summed E-state index contributed by atoms with van der Waals surface area (Å²) in [4.78, 5) is 4.61. The molecule has 4 nitrogen and oxygen atoms in total. The normalized spacial score (nSPS) is 11.0. The summed E-state index contributed by atoms with van der Waals surface area (Å²) < 4.78 is 7.83. The minimum absolute atomic E-state index is 0.345. The molecule has 1 aromatic heterocycles. The van der Waals surface area contributed by atoms with E-state index >= 15 is 0 Å². The highest BCUT2D eigenvalue weighted by atomic mass is 16.5. The zero-order valence-electron chi connectivity index (χ0n) is 13.1. The molecule has 0 aliphatic rings. The Hall–Kier alpha value is -2.02. The number of fused-ring (bicyclic) bond motifs is 1. The first kappa shape index (κ1) is 15.4. The number of hydrogen-bond donors (Lipinski definition) is 0. The van der Waals surface area contributed by atoms with Gasteiger partial charge in [-0.15, -0.1) is 0 Å². The van der Waals surface area contributed by atoms with Gasteiger partial charge in [0.05, 0.1) is 30.1 Å². The lowest BCUT2D eigenvalue weighted by Crippen LogP contribution is -2.05. The summed E-state index contributed by atoms with van der Waals surface area (Å²) in [5.41, 5.74) is 2.00. The number of aryl methyl sites for hydroxylation is 1. The highest BCUT2D eigenvalue weighted by Gasteiger charge is 2.11. The second-order valence-electron chi connectivity index (χ2n) is 5.70. The third-order valence-corrected chi connectivity index (χ3v) is 3.44. The molecule has 0 saturated heterocycles. The van der Waals surface area contributed by atoms with E-state index in [1.165, 1.54) is 0 Å². The number of ether oxygens (including phenoxy) is 1. The average Bonchev–Trinajstić information content (AvgIpc) is 2.80. The molecule has 0 spiro atoms. The predicted molar refractivity (Wildman–Crippen MR) is 84.3 cm³/mol. The summed E-state index contributed by atoms with van der Waals surface area (Å²) in [7, 11) is 0. The molecule has 0 atom stereocenters. The van der Waals surface area contributed by atoms with Crippen molar-refractivity contribution in [2.24, 2.45) is 5.92 Å². The largest absolute Gasteiger partial charge is 0.494 e. The molecule has 0 saturated carbocycles. The highest BCUT2D eigenvalue weighted by molar-refractivity contribution is 5.78. The van der Waals surface area contributed by atoms with Crippen LogP contribution in [-0.4, -0.2) is 16.2 Å². The van der Waals surface area contributed by atoms with Crippen LogP contribution in [0.2, 0.25) is 0 Å². The van der Waals surface area contributed by atoms with E-state index in [-0.39, 0.29) is 0 Å². The number of nitriles is 1. The molecule has 0 aliphatic heterocycles. The monoisotopic (exact) mass is 285 g/mol. The molecular formula is C17H23N3O. The molecule has 2 aromatic rings. The van der Waals surface area contributed by atoms with Crippen LogP contribution in [0.1, 0.15) is 39.4 Å². The molecule has 0 bridgehead atoms. The number of aromatic nitrogens is 2. The Morgan fingerprint density at radius 1 is 1.38 bits per heavy atom. The summed E-state index contributed by atoms with van der Waals surface area (Å²) in [6.07, 6.45) is 2.41.